The van der Waals surface area contributed by atoms with Crippen molar-refractivity contribution >= 4 is 17.1 Å². The maximum atomic E-state index is 9.48. The van der Waals surface area contributed by atoms with Gasteiger partial charge in [0.2, 0.25) is 0 Å². The molecule has 0 saturated heterocycles. The Morgan fingerprint density at radius 3 is 1.57 bits per heavy atom. The Labute approximate surface area is 125 Å². The van der Waals surface area contributed by atoms with Crippen LogP contribution >= 0.6 is 0 Å². The Hall–Kier alpha value is -2.49. The lowest BCUT2D eigenvalue weighted by Gasteiger charge is -2.22. The Morgan fingerprint density at radius 1 is 0.857 bits per heavy atom. The number of hydrogen-bond donors (Lipinski definition) is 3. The Bertz CT molecular complexity index is 598. The van der Waals surface area contributed by atoms with E-state index in [9.17, 15) is 5.21 Å². The average Bonchev–Trinajstić information content (AvgIpc) is 2.48. The quantitative estimate of drug-likeness (QED) is 0.347. The summed E-state index contributed by atoms with van der Waals surface area (Å²) in [6.45, 7) is 3.97. The van der Waals surface area contributed by atoms with Crippen LogP contribution in [0.4, 0.5) is 11.4 Å². The summed E-state index contributed by atoms with van der Waals surface area (Å²) in [5.41, 5.74) is 16.0. The number of hydrogen-bond acceptors (Lipinski definition) is 4. The van der Waals surface area contributed by atoms with Crippen LogP contribution in [0.1, 0.15) is 36.8 Å². The molecule has 5 N–H and O–H groups in total. The van der Waals surface area contributed by atoms with E-state index in [4.69, 9.17) is 11.5 Å². The van der Waals surface area contributed by atoms with E-state index in [0.29, 0.717) is 17.1 Å². The molecule has 0 spiro atoms. The van der Waals surface area contributed by atoms with Crippen molar-refractivity contribution in [2.24, 2.45) is 5.16 Å². The minimum Gasteiger partial charge on any atom is -0.411 e. The van der Waals surface area contributed by atoms with Crippen molar-refractivity contribution in [2.45, 2.75) is 25.7 Å². The van der Waals surface area contributed by atoms with E-state index in [1.54, 1.807) is 0 Å². The first kappa shape index (κ1) is 14.9. The molecule has 2 aromatic carbocycles. The predicted molar refractivity (Wildman–Crippen MR) is 87.8 cm³/mol. The molecule has 4 nitrogen and oxygen atoms in total. The maximum absolute atomic E-state index is 9.48. The molecule has 0 amide bonds. The van der Waals surface area contributed by atoms with Gasteiger partial charge in [-0.15, -0.1) is 0 Å². The number of oxime groups is 1. The highest BCUT2D eigenvalue weighted by molar-refractivity contribution is 5.97. The van der Waals surface area contributed by atoms with Gasteiger partial charge in [0.1, 0.15) is 0 Å². The van der Waals surface area contributed by atoms with Gasteiger partial charge in [-0.05, 0) is 23.3 Å². The standard InChI is InChI=1S/C17H21N3O/c1-11(13-7-3-5-9-15(13)18)17(20-21)12(2)14-8-4-6-10-16(14)19/h3-12,21H,18-19H2,1-2H3. The summed E-state index contributed by atoms with van der Waals surface area (Å²) in [6, 6.07) is 15.2. The lowest BCUT2D eigenvalue weighted by Crippen LogP contribution is -2.19. The fraction of sp³-hybridized carbons (Fsp3) is 0.235. The van der Waals surface area contributed by atoms with E-state index in [0.717, 1.165) is 11.1 Å². The number of rotatable bonds is 4. The molecule has 2 rings (SSSR count). The van der Waals surface area contributed by atoms with Crippen molar-refractivity contribution in [1.29, 1.82) is 0 Å². The second-order valence-electron chi connectivity index (χ2n) is 5.23. The average molecular weight is 283 g/mol. The molecule has 2 unspecified atom stereocenters. The number of nitrogen functional groups attached to an aromatic ring is 2. The molecule has 110 valence electrons. The first-order valence-corrected chi connectivity index (χ1v) is 6.97. The molecule has 0 heterocycles. The van der Waals surface area contributed by atoms with Gasteiger partial charge in [-0.1, -0.05) is 55.4 Å². The van der Waals surface area contributed by atoms with E-state index in [-0.39, 0.29) is 11.8 Å². The topological polar surface area (TPSA) is 84.6 Å². The Kier molecular flexibility index (Phi) is 4.48. The van der Waals surface area contributed by atoms with Gasteiger partial charge in [-0.25, -0.2) is 0 Å². The van der Waals surface area contributed by atoms with Crippen molar-refractivity contribution in [3.05, 3.63) is 59.7 Å². The maximum Gasteiger partial charge on any atom is 0.0715 e. The SMILES string of the molecule is CC(C(=NO)C(C)c1ccccc1N)c1ccccc1N. The zero-order chi connectivity index (χ0) is 15.4. The van der Waals surface area contributed by atoms with Gasteiger partial charge in [0.25, 0.3) is 0 Å². The van der Waals surface area contributed by atoms with Gasteiger partial charge in [0.15, 0.2) is 0 Å². The van der Waals surface area contributed by atoms with Gasteiger partial charge in [0, 0.05) is 23.2 Å². The zero-order valence-electron chi connectivity index (χ0n) is 12.3. The zero-order valence-corrected chi connectivity index (χ0v) is 12.3. The van der Waals surface area contributed by atoms with Crippen LogP contribution in [0, 0.1) is 0 Å². The lowest BCUT2D eigenvalue weighted by atomic mass is 9.84. The number of para-hydroxylation sites is 2. The summed E-state index contributed by atoms with van der Waals surface area (Å²) in [5, 5.41) is 13.0. The highest BCUT2D eigenvalue weighted by Crippen LogP contribution is 2.32. The molecule has 0 aromatic heterocycles. The molecule has 0 fully saturated rings. The van der Waals surface area contributed by atoms with Crippen LogP contribution in [0.3, 0.4) is 0 Å². The van der Waals surface area contributed by atoms with Crippen molar-refractivity contribution < 1.29 is 5.21 Å². The Balaban J connectivity index is 2.37. The van der Waals surface area contributed by atoms with Crippen LogP contribution in [0.2, 0.25) is 0 Å². The van der Waals surface area contributed by atoms with Gasteiger partial charge in [0.05, 0.1) is 5.71 Å². The second kappa shape index (κ2) is 6.31. The normalized spacial score (nSPS) is 13.4. The number of nitrogens with two attached hydrogens (primary N) is 2. The molecule has 0 bridgehead atoms. The highest BCUT2D eigenvalue weighted by atomic mass is 16.4. The first-order chi connectivity index (χ1) is 10.1. The van der Waals surface area contributed by atoms with Crippen LogP contribution in [0.5, 0.6) is 0 Å². The summed E-state index contributed by atoms with van der Waals surface area (Å²) in [5.74, 6) is -0.184. The molecule has 2 atom stereocenters. The van der Waals surface area contributed by atoms with Gasteiger partial charge >= 0.3 is 0 Å². The molecule has 4 heteroatoms. The van der Waals surface area contributed by atoms with E-state index in [1.807, 2.05) is 62.4 Å². The number of benzene rings is 2. The summed E-state index contributed by atoms with van der Waals surface area (Å²) >= 11 is 0. The molecule has 0 aliphatic rings. The fourth-order valence-corrected chi connectivity index (χ4v) is 2.68. The van der Waals surface area contributed by atoms with Crippen molar-refractivity contribution in [3.8, 4) is 0 Å². The van der Waals surface area contributed by atoms with Gasteiger partial charge in [-0.3, -0.25) is 0 Å². The largest absolute Gasteiger partial charge is 0.411 e. The van der Waals surface area contributed by atoms with Crippen molar-refractivity contribution in [1.82, 2.24) is 0 Å². The summed E-state index contributed by atoms with van der Waals surface area (Å²) in [6.07, 6.45) is 0. The molecule has 0 aliphatic heterocycles. The summed E-state index contributed by atoms with van der Waals surface area (Å²) in [4.78, 5) is 0. The van der Waals surface area contributed by atoms with Gasteiger partial charge < -0.3 is 16.7 Å². The van der Waals surface area contributed by atoms with Crippen molar-refractivity contribution in [3.63, 3.8) is 0 Å². The molecule has 21 heavy (non-hydrogen) atoms. The van der Waals surface area contributed by atoms with Crippen LogP contribution in [0.15, 0.2) is 53.7 Å². The van der Waals surface area contributed by atoms with E-state index < -0.39 is 0 Å². The smallest absolute Gasteiger partial charge is 0.0715 e. The van der Waals surface area contributed by atoms with E-state index in [2.05, 4.69) is 5.16 Å². The predicted octanol–water partition coefficient (Wildman–Crippen LogP) is 3.59. The second-order valence-corrected chi connectivity index (χ2v) is 5.23. The minimum atomic E-state index is -0.0918. The number of anilines is 2. The Morgan fingerprint density at radius 2 is 1.24 bits per heavy atom. The first-order valence-electron chi connectivity index (χ1n) is 6.97. The fourth-order valence-electron chi connectivity index (χ4n) is 2.68. The van der Waals surface area contributed by atoms with Crippen LogP contribution < -0.4 is 11.5 Å². The molecular formula is C17H21N3O. The third-order valence-corrected chi connectivity index (χ3v) is 3.93. The monoisotopic (exact) mass is 283 g/mol. The molecule has 0 saturated carbocycles. The summed E-state index contributed by atoms with van der Waals surface area (Å²) < 4.78 is 0. The van der Waals surface area contributed by atoms with Crippen LogP contribution in [-0.4, -0.2) is 10.9 Å². The molecule has 0 aliphatic carbocycles. The summed E-state index contributed by atoms with van der Waals surface area (Å²) in [7, 11) is 0. The van der Waals surface area contributed by atoms with E-state index >= 15 is 0 Å². The van der Waals surface area contributed by atoms with E-state index in [1.165, 1.54) is 0 Å². The van der Waals surface area contributed by atoms with Crippen LogP contribution in [0.25, 0.3) is 0 Å². The third-order valence-electron chi connectivity index (χ3n) is 3.93. The van der Waals surface area contributed by atoms with Crippen LogP contribution in [-0.2, 0) is 0 Å². The molecule has 0 radical (unpaired) electrons. The minimum absolute atomic E-state index is 0.0918. The molecule has 2 aromatic rings. The number of nitrogens with zero attached hydrogens (tertiary/aromatic N) is 1. The van der Waals surface area contributed by atoms with Gasteiger partial charge in [-0.2, -0.15) is 0 Å². The molecular weight excluding hydrogens is 262 g/mol. The van der Waals surface area contributed by atoms with Crippen molar-refractivity contribution in [2.75, 3.05) is 11.5 Å². The lowest BCUT2D eigenvalue weighted by molar-refractivity contribution is 0.314. The third kappa shape index (κ3) is 2.99. The highest BCUT2D eigenvalue weighted by Gasteiger charge is 2.24.